The molecule has 2 aliphatic rings. The van der Waals surface area contributed by atoms with Crippen LogP contribution in [0.15, 0.2) is 4.52 Å². The van der Waals surface area contributed by atoms with Crippen LogP contribution in [0.25, 0.3) is 0 Å². The van der Waals surface area contributed by atoms with Gasteiger partial charge < -0.3 is 15.0 Å². The lowest BCUT2D eigenvalue weighted by atomic mass is 9.86. The molecule has 0 saturated heterocycles. The van der Waals surface area contributed by atoms with Crippen molar-refractivity contribution < 1.29 is 9.26 Å². The summed E-state index contributed by atoms with van der Waals surface area (Å²) in [5, 5.41) is 3.98. The van der Waals surface area contributed by atoms with Gasteiger partial charge in [-0.2, -0.15) is 4.98 Å². The van der Waals surface area contributed by atoms with E-state index < -0.39 is 0 Å². The van der Waals surface area contributed by atoms with Crippen molar-refractivity contribution >= 4 is 0 Å². The van der Waals surface area contributed by atoms with E-state index in [1.807, 2.05) is 6.92 Å². The molecule has 0 aliphatic heterocycles. The number of hydrogen-bond acceptors (Lipinski definition) is 5. The zero-order chi connectivity index (χ0) is 13.2. The van der Waals surface area contributed by atoms with E-state index >= 15 is 0 Å². The van der Waals surface area contributed by atoms with Gasteiger partial charge in [0.1, 0.15) is 0 Å². The quantitative estimate of drug-likeness (QED) is 0.852. The summed E-state index contributed by atoms with van der Waals surface area (Å²) in [5.74, 6) is 3.91. The van der Waals surface area contributed by atoms with Gasteiger partial charge in [0.25, 0.3) is 0 Å². The number of rotatable bonds is 6. The molecule has 3 rings (SSSR count). The van der Waals surface area contributed by atoms with Crippen LogP contribution in [-0.2, 0) is 11.2 Å². The van der Waals surface area contributed by atoms with Crippen LogP contribution in [0, 0.1) is 17.8 Å². The van der Waals surface area contributed by atoms with Gasteiger partial charge in [0.05, 0.1) is 12.6 Å². The minimum atomic E-state index is -0.280. The Kier molecular flexibility index (Phi) is 3.84. The third-order valence-corrected chi connectivity index (χ3v) is 4.64. The largest absolute Gasteiger partial charge is 0.380 e. The Labute approximate surface area is 113 Å². The van der Waals surface area contributed by atoms with Gasteiger partial charge >= 0.3 is 0 Å². The second kappa shape index (κ2) is 5.59. The Bertz CT molecular complexity index is 421. The van der Waals surface area contributed by atoms with Crippen molar-refractivity contribution in [2.45, 2.75) is 45.1 Å². The highest BCUT2D eigenvalue weighted by Crippen LogP contribution is 2.49. The Morgan fingerprint density at radius 1 is 1.42 bits per heavy atom. The number of hydrogen-bond donors (Lipinski definition) is 1. The van der Waals surface area contributed by atoms with Crippen LogP contribution in [-0.4, -0.2) is 23.4 Å². The minimum Gasteiger partial charge on any atom is -0.380 e. The van der Waals surface area contributed by atoms with E-state index in [4.69, 9.17) is 15.0 Å². The molecule has 2 fully saturated rings. The highest BCUT2D eigenvalue weighted by atomic mass is 16.5. The van der Waals surface area contributed by atoms with Crippen LogP contribution >= 0.6 is 0 Å². The molecule has 0 spiro atoms. The summed E-state index contributed by atoms with van der Waals surface area (Å²) in [6, 6.07) is -0.280. The number of nitrogens with zero attached hydrogens (tertiary/aromatic N) is 2. The van der Waals surface area contributed by atoms with Gasteiger partial charge in [-0.15, -0.1) is 0 Å². The summed E-state index contributed by atoms with van der Waals surface area (Å²) < 4.78 is 10.6. The maximum absolute atomic E-state index is 5.95. The summed E-state index contributed by atoms with van der Waals surface area (Å²) in [5.41, 5.74) is 5.95. The van der Waals surface area contributed by atoms with Crippen molar-refractivity contribution in [1.29, 1.82) is 0 Å². The number of nitrogens with two attached hydrogens (primary N) is 1. The molecule has 0 aromatic carbocycles. The van der Waals surface area contributed by atoms with Crippen molar-refractivity contribution in [3.05, 3.63) is 11.7 Å². The molecule has 5 heteroatoms. The summed E-state index contributed by atoms with van der Waals surface area (Å²) in [6.45, 7) is 3.05. The summed E-state index contributed by atoms with van der Waals surface area (Å²) in [6.07, 6.45) is 6.49. The molecule has 1 aromatic heterocycles. The van der Waals surface area contributed by atoms with Crippen LogP contribution in [0.3, 0.4) is 0 Å². The van der Waals surface area contributed by atoms with Crippen molar-refractivity contribution in [1.82, 2.24) is 10.1 Å². The van der Waals surface area contributed by atoms with Gasteiger partial charge in [0.2, 0.25) is 5.89 Å². The Morgan fingerprint density at radius 2 is 2.32 bits per heavy atom. The predicted molar refractivity (Wildman–Crippen MR) is 70.4 cm³/mol. The monoisotopic (exact) mass is 265 g/mol. The zero-order valence-corrected chi connectivity index (χ0v) is 11.5. The molecular weight excluding hydrogens is 242 g/mol. The molecule has 4 unspecified atom stereocenters. The van der Waals surface area contributed by atoms with Crippen molar-refractivity contribution in [2.75, 3.05) is 13.2 Å². The molecule has 2 saturated carbocycles. The molecule has 0 amide bonds. The number of ether oxygens (including phenoxy) is 1. The fraction of sp³-hybridized carbons (Fsp3) is 0.857. The van der Waals surface area contributed by atoms with Gasteiger partial charge in [0.15, 0.2) is 5.82 Å². The van der Waals surface area contributed by atoms with Crippen LogP contribution in [0.4, 0.5) is 0 Å². The molecule has 19 heavy (non-hydrogen) atoms. The highest BCUT2D eigenvalue weighted by molar-refractivity contribution is 4.97. The van der Waals surface area contributed by atoms with Crippen molar-refractivity contribution in [3.63, 3.8) is 0 Å². The fourth-order valence-electron chi connectivity index (χ4n) is 3.67. The first-order chi connectivity index (χ1) is 9.26. The average molecular weight is 265 g/mol. The number of fused-ring (bicyclic) bond motifs is 2. The molecule has 1 heterocycles. The van der Waals surface area contributed by atoms with E-state index in [0.717, 1.165) is 30.1 Å². The lowest BCUT2D eigenvalue weighted by Gasteiger charge is -2.19. The molecular formula is C14H23N3O2. The third kappa shape index (κ3) is 2.82. The molecule has 106 valence electrons. The van der Waals surface area contributed by atoms with Crippen LogP contribution in [0.2, 0.25) is 0 Å². The molecule has 2 aliphatic carbocycles. The Balaban J connectivity index is 1.56. The normalized spacial score (nSPS) is 30.9. The Hall–Kier alpha value is -0.940. The molecule has 5 nitrogen and oxygen atoms in total. The Morgan fingerprint density at radius 3 is 3.00 bits per heavy atom. The first-order valence-electron chi connectivity index (χ1n) is 7.42. The molecule has 1 aromatic rings. The zero-order valence-electron chi connectivity index (χ0n) is 11.5. The fourth-order valence-corrected chi connectivity index (χ4v) is 3.67. The molecule has 4 atom stereocenters. The highest BCUT2D eigenvalue weighted by Gasteiger charge is 2.40. The van der Waals surface area contributed by atoms with Crippen molar-refractivity contribution in [3.8, 4) is 0 Å². The molecule has 2 N–H and O–H groups in total. The second-order valence-electron chi connectivity index (χ2n) is 5.95. The summed E-state index contributed by atoms with van der Waals surface area (Å²) in [4.78, 5) is 4.43. The van der Waals surface area contributed by atoms with Gasteiger partial charge in [-0.25, -0.2) is 0 Å². The van der Waals surface area contributed by atoms with E-state index in [1.165, 1.54) is 25.7 Å². The first kappa shape index (κ1) is 13.1. The van der Waals surface area contributed by atoms with Crippen molar-refractivity contribution in [2.24, 2.45) is 23.5 Å². The van der Waals surface area contributed by atoms with E-state index in [2.05, 4.69) is 10.1 Å². The maximum atomic E-state index is 5.95. The smallest absolute Gasteiger partial charge is 0.226 e. The first-order valence-corrected chi connectivity index (χ1v) is 7.42. The maximum Gasteiger partial charge on any atom is 0.226 e. The van der Waals surface area contributed by atoms with E-state index in [-0.39, 0.29) is 6.04 Å². The average Bonchev–Trinajstić information content (AvgIpc) is 3.11. The minimum absolute atomic E-state index is 0.280. The summed E-state index contributed by atoms with van der Waals surface area (Å²) in [7, 11) is 0. The van der Waals surface area contributed by atoms with E-state index in [9.17, 15) is 0 Å². The summed E-state index contributed by atoms with van der Waals surface area (Å²) >= 11 is 0. The molecule has 0 radical (unpaired) electrons. The lowest BCUT2D eigenvalue weighted by molar-refractivity contribution is 0.130. The van der Waals surface area contributed by atoms with Crippen LogP contribution in [0.5, 0.6) is 0 Å². The molecule has 2 bridgehead atoms. The van der Waals surface area contributed by atoms with Gasteiger partial charge in [-0.3, -0.25) is 0 Å². The topological polar surface area (TPSA) is 74.2 Å². The standard InChI is InChI=1S/C14H23N3O2/c1-2-18-8-12(15)14-16-13(19-17-14)7-11-6-9-3-4-10(11)5-9/h9-12H,2-8,15H2,1H3. The SMILES string of the molecule is CCOCC(N)c1noc(CC2CC3CCC2C3)n1. The van der Waals surface area contributed by atoms with Gasteiger partial charge in [-0.1, -0.05) is 11.6 Å². The second-order valence-corrected chi connectivity index (χ2v) is 5.95. The van der Waals surface area contributed by atoms with Gasteiger partial charge in [-0.05, 0) is 43.9 Å². The van der Waals surface area contributed by atoms with E-state index in [1.54, 1.807) is 0 Å². The van der Waals surface area contributed by atoms with Crippen LogP contribution in [0.1, 0.15) is 50.4 Å². The third-order valence-electron chi connectivity index (χ3n) is 4.64. The van der Waals surface area contributed by atoms with E-state index in [0.29, 0.717) is 19.0 Å². The van der Waals surface area contributed by atoms with Gasteiger partial charge in [0, 0.05) is 13.0 Å². The lowest BCUT2D eigenvalue weighted by Crippen LogP contribution is -2.19. The predicted octanol–water partition coefficient (Wildman–Crippen LogP) is 2.08. The van der Waals surface area contributed by atoms with Crippen LogP contribution < -0.4 is 5.73 Å². The number of aromatic nitrogens is 2.